The number of hydrogen-bond donors (Lipinski definition) is 1. The molecule has 0 aliphatic heterocycles. The minimum Gasteiger partial charge on any atom is -0.497 e. The van der Waals surface area contributed by atoms with Crippen molar-refractivity contribution in [2.24, 2.45) is 5.73 Å². The van der Waals surface area contributed by atoms with Gasteiger partial charge in [-0.25, -0.2) is 0 Å². The normalized spacial score (nSPS) is 11.4. The van der Waals surface area contributed by atoms with E-state index in [2.05, 4.69) is 13.5 Å². The lowest BCUT2D eigenvalue weighted by atomic mass is 9.98. The van der Waals surface area contributed by atoms with Gasteiger partial charge in [-0.15, -0.1) is 19.0 Å². The second-order valence-corrected chi connectivity index (χ2v) is 3.70. The summed E-state index contributed by atoms with van der Waals surface area (Å²) in [7, 11) is 1.67. The van der Waals surface area contributed by atoms with Crippen LogP contribution < -0.4 is 10.5 Å². The fourth-order valence-electron chi connectivity index (χ4n) is 1.64. The Morgan fingerprint density at radius 1 is 1.50 bits per heavy atom. The fraction of sp³-hybridized carbons (Fsp3) is 0.385. The summed E-state index contributed by atoms with van der Waals surface area (Å²) in [6, 6.07) is 6.11. The lowest BCUT2D eigenvalue weighted by Gasteiger charge is -2.14. The standard InChI is InChI=1S/C13H19NO.ClH/c1-4-5-6-13(14)12-8-7-11(15-3)9-10(12)2;/h4,7-9,13H,1,5-6,14H2,2-3H3;1H/t13-;/m0./s1. The van der Waals surface area contributed by atoms with E-state index in [-0.39, 0.29) is 18.4 Å². The molecule has 0 bridgehead atoms. The zero-order chi connectivity index (χ0) is 11.3. The Bertz CT molecular complexity index is 339. The van der Waals surface area contributed by atoms with E-state index >= 15 is 0 Å². The van der Waals surface area contributed by atoms with Gasteiger partial charge in [-0.3, -0.25) is 0 Å². The van der Waals surface area contributed by atoms with Crippen LogP contribution in [0.1, 0.15) is 30.0 Å². The van der Waals surface area contributed by atoms with Crippen molar-refractivity contribution in [3.63, 3.8) is 0 Å². The van der Waals surface area contributed by atoms with Crippen LogP contribution in [0.5, 0.6) is 5.75 Å². The number of ether oxygens (including phenoxy) is 1. The lowest BCUT2D eigenvalue weighted by Crippen LogP contribution is -2.11. The van der Waals surface area contributed by atoms with Crippen LogP contribution in [0.4, 0.5) is 0 Å². The maximum Gasteiger partial charge on any atom is 0.119 e. The molecule has 0 saturated heterocycles. The Morgan fingerprint density at radius 2 is 2.19 bits per heavy atom. The molecule has 0 aliphatic carbocycles. The second-order valence-electron chi connectivity index (χ2n) is 3.70. The number of methoxy groups -OCH3 is 1. The van der Waals surface area contributed by atoms with Crippen LogP contribution in [0, 0.1) is 6.92 Å². The van der Waals surface area contributed by atoms with Gasteiger partial charge in [0, 0.05) is 6.04 Å². The summed E-state index contributed by atoms with van der Waals surface area (Å²) in [4.78, 5) is 0. The maximum absolute atomic E-state index is 6.08. The van der Waals surface area contributed by atoms with Gasteiger partial charge in [-0.1, -0.05) is 12.1 Å². The number of hydrogen-bond acceptors (Lipinski definition) is 2. The van der Waals surface area contributed by atoms with Crippen molar-refractivity contribution in [3.8, 4) is 5.75 Å². The van der Waals surface area contributed by atoms with E-state index in [1.807, 2.05) is 24.3 Å². The highest BCUT2D eigenvalue weighted by Gasteiger charge is 2.08. The molecule has 1 rings (SSSR count). The number of aryl methyl sites for hydroxylation is 1. The number of allylic oxidation sites excluding steroid dienone is 1. The van der Waals surface area contributed by atoms with Gasteiger partial charge in [0.25, 0.3) is 0 Å². The topological polar surface area (TPSA) is 35.2 Å². The summed E-state index contributed by atoms with van der Waals surface area (Å²) >= 11 is 0. The second kappa shape index (κ2) is 7.31. The molecule has 0 fully saturated rings. The van der Waals surface area contributed by atoms with Gasteiger partial charge in [0.15, 0.2) is 0 Å². The lowest BCUT2D eigenvalue weighted by molar-refractivity contribution is 0.414. The number of halogens is 1. The van der Waals surface area contributed by atoms with E-state index in [1.54, 1.807) is 7.11 Å². The van der Waals surface area contributed by atoms with Gasteiger partial charge in [0.05, 0.1) is 7.11 Å². The molecule has 0 amide bonds. The quantitative estimate of drug-likeness (QED) is 0.802. The van der Waals surface area contributed by atoms with Gasteiger partial charge in [-0.05, 0) is 43.0 Å². The molecule has 1 aromatic carbocycles. The molecule has 1 aromatic rings. The molecule has 0 spiro atoms. The van der Waals surface area contributed by atoms with Crippen LogP contribution in [-0.4, -0.2) is 7.11 Å². The monoisotopic (exact) mass is 241 g/mol. The molecular weight excluding hydrogens is 222 g/mol. The van der Waals surface area contributed by atoms with Crippen LogP contribution in [0.15, 0.2) is 30.9 Å². The summed E-state index contributed by atoms with van der Waals surface area (Å²) in [5, 5.41) is 0. The van der Waals surface area contributed by atoms with Gasteiger partial charge in [-0.2, -0.15) is 0 Å². The maximum atomic E-state index is 6.08. The Hall–Kier alpha value is -0.990. The first-order valence-electron chi connectivity index (χ1n) is 5.20. The number of benzene rings is 1. The summed E-state index contributed by atoms with van der Waals surface area (Å²) in [6.07, 6.45) is 3.79. The first-order valence-corrected chi connectivity index (χ1v) is 5.20. The van der Waals surface area contributed by atoms with E-state index in [4.69, 9.17) is 10.5 Å². The predicted molar refractivity (Wildman–Crippen MR) is 71.3 cm³/mol. The van der Waals surface area contributed by atoms with Crippen molar-refractivity contribution in [1.29, 1.82) is 0 Å². The molecule has 0 heterocycles. The van der Waals surface area contributed by atoms with Crippen molar-refractivity contribution < 1.29 is 4.74 Å². The predicted octanol–water partition coefficient (Wildman–Crippen LogP) is 3.39. The van der Waals surface area contributed by atoms with E-state index in [0.717, 1.165) is 18.6 Å². The van der Waals surface area contributed by atoms with Gasteiger partial charge in [0.1, 0.15) is 5.75 Å². The zero-order valence-electron chi connectivity index (χ0n) is 9.90. The summed E-state index contributed by atoms with van der Waals surface area (Å²) in [5.74, 6) is 0.882. The molecule has 0 saturated carbocycles. The van der Waals surface area contributed by atoms with E-state index in [0.29, 0.717) is 0 Å². The molecule has 1 atom stereocenters. The molecule has 16 heavy (non-hydrogen) atoms. The van der Waals surface area contributed by atoms with Crippen molar-refractivity contribution >= 4 is 12.4 Å². The minimum absolute atomic E-state index is 0. The fourth-order valence-corrected chi connectivity index (χ4v) is 1.64. The van der Waals surface area contributed by atoms with E-state index in [1.165, 1.54) is 11.1 Å². The van der Waals surface area contributed by atoms with Crippen molar-refractivity contribution in [1.82, 2.24) is 0 Å². The number of nitrogens with two attached hydrogens (primary N) is 1. The number of rotatable bonds is 5. The first kappa shape index (κ1) is 15.0. The average molecular weight is 242 g/mol. The van der Waals surface area contributed by atoms with Gasteiger partial charge < -0.3 is 10.5 Å². The van der Waals surface area contributed by atoms with Crippen LogP contribution in [0.2, 0.25) is 0 Å². The largest absolute Gasteiger partial charge is 0.497 e. The van der Waals surface area contributed by atoms with Crippen molar-refractivity contribution in [3.05, 3.63) is 42.0 Å². The molecule has 0 radical (unpaired) electrons. The van der Waals surface area contributed by atoms with Crippen LogP contribution in [0.3, 0.4) is 0 Å². The Balaban J connectivity index is 0.00000225. The van der Waals surface area contributed by atoms with Gasteiger partial charge in [0.2, 0.25) is 0 Å². The molecule has 2 nitrogen and oxygen atoms in total. The molecule has 0 unspecified atom stereocenters. The van der Waals surface area contributed by atoms with E-state index in [9.17, 15) is 0 Å². The zero-order valence-corrected chi connectivity index (χ0v) is 10.7. The highest BCUT2D eigenvalue weighted by atomic mass is 35.5. The highest BCUT2D eigenvalue weighted by molar-refractivity contribution is 5.85. The molecular formula is C13H20ClNO. The average Bonchev–Trinajstić information content (AvgIpc) is 2.25. The molecule has 90 valence electrons. The van der Waals surface area contributed by atoms with Crippen LogP contribution in [-0.2, 0) is 0 Å². The van der Waals surface area contributed by atoms with Crippen LogP contribution >= 0.6 is 12.4 Å². The first-order chi connectivity index (χ1) is 7.19. The Morgan fingerprint density at radius 3 is 2.69 bits per heavy atom. The van der Waals surface area contributed by atoms with Crippen LogP contribution in [0.25, 0.3) is 0 Å². The minimum atomic E-state index is 0. The third-order valence-electron chi connectivity index (χ3n) is 2.56. The third kappa shape index (κ3) is 3.87. The van der Waals surface area contributed by atoms with Crippen molar-refractivity contribution in [2.45, 2.75) is 25.8 Å². The Labute approximate surface area is 104 Å². The Kier molecular flexibility index (Phi) is 6.86. The SMILES string of the molecule is C=CCC[C@H](N)c1ccc(OC)cc1C.Cl. The van der Waals surface area contributed by atoms with Crippen molar-refractivity contribution in [2.75, 3.05) is 7.11 Å². The smallest absolute Gasteiger partial charge is 0.119 e. The summed E-state index contributed by atoms with van der Waals surface area (Å²) in [5.41, 5.74) is 8.46. The van der Waals surface area contributed by atoms with E-state index < -0.39 is 0 Å². The summed E-state index contributed by atoms with van der Waals surface area (Å²) < 4.78 is 5.15. The molecule has 2 N–H and O–H groups in total. The molecule has 0 aliphatic rings. The molecule has 3 heteroatoms. The molecule has 0 aromatic heterocycles. The summed E-state index contributed by atoms with van der Waals surface area (Å²) in [6.45, 7) is 5.76. The highest BCUT2D eigenvalue weighted by Crippen LogP contribution is 2.23. The third-order valence-corrected chi connectivity index (χ3v) is 2.56. The van der Waals surface area contributed by atoms with Gasteiger partial charge >= 0.3 is 0 Å².